The molecule has 0 saturated heterocycles. The average molecular weight is 335 g/mol. The molecule has 0 atom stereocenters. The summed E-state index contributed by atoms with van der Waals surface area (Å²) < 4.78 is 0. The first-order valence-corrected chi connectivity index (χ1v) is 8.68. The Bertz CT molecular complexity index is 832. The lowest BCUT2D eigenvalue weighted by Gasteiger charge is -2.09. The number of fused-ring (bicyclic) bond motifs is 2. The van der Waals surface area contributed by atoms with Gasteiger partial charge in [-0.15, -0.1) is 0 Å². The number of benzene rings is 3. The Hall–Kier alpha value is -2.46. The summed E-state index contributed by atoms with van der Waals surface area (Å²) in [5, 5.41) is 12.8. The summed E-state index contributed by atoms with van der Waals surface area (Å²) in [5.74, 6) is 0. The van der Waals surface area contributed by atoms with Gasteiger partial charge in [0.2, 0.25) is 0 Å². The standard InChI is InChI=1S/C20H21N3S/c1-2-3-12-21-20(24)23-22-14-19-17-10-6-4-8-15(17)13-16-9-5-7-11-18(16)19/h4-11,13-14H,2-3,12H2,1H3,(H2,21,23,24). The number of hydrazone groups is 1. The first kappa shape index (κ1) is 16.4. The molecule has 0 bridgehead atoms. The molecular weight excluding hydrogens is 314 g/mol. The Morgan fingerprint density at radius 3 is 2.29 bits per heavy atom. The molecule has 3 aromatic carbocycles. The van der Waals surface area contributed by atoms with Crippen molar-refractivity contribution in [1.82, 2.24) is 10.7 Å². The lowest BCUT2D eigenvalue weighted by molar-refractivity contribution is 0.745. The third-order valence-corrected chi connectivity index (χ3v) is 4.22. The zero-order valence-electron chi connectivity index (χ0n) is 13.8. The molecule has 0 unspecified atom stereocenters. The molecule has 3 aromatic rings. The molecular formula is C20H21N3S. The number of nitrogens with zero attached hydrogens (tertiary/aromatic N) is 1. The lowest BCUT2D eigenvalue weighted by atomic mass is 9.97. The van der Waals surface area contributed by atoms with Crippen molar-refractivity contribution in [3.63, 3.8) is 0 Å². The van der Waals surface area contributed by atoms with Crippen LogP contribution in [0.5, 0.6) is 0 Å². The van der Waals surface area contributed by atoms with Gasteiger partial charge in [0, 0.05) is 12.1 Å². The minimum Gasteiger partial charge on any atom is -0.361 e. The quantitative estimate of drug-likeness (QED) is 0.235. The van der Waals surface area contributed by atoms with E-state index in [4.69, 9.17) is 12.2 Å². The molecule has 24 heavy (non-hydrogen) atoms. The van der Waals surface area contributed by atoms with E-state index >= 15 is 0 Å². The number of rotatable bonds is 5. The van der Waals surface area contributed by atoms with Crippen LogP contribution in [-0.4, -0.2) is 17.9 Å². The van der Waals surface area contributed by atoms with Crippen molar-refractivity contribution in [3.8, 4) is 0 Å². The van der Waals surface area contributed by atoms with E-state index in [-0.39, 0.29) is 0 Å². The van der Waals surface area contributed by atoms with E-state index in [1.807, 2.05) is 6.21 Å². The van der Waals surface area contributed by atoms with Gasteiger partial charge in [-0.05, 0) is 46.2 Å². The molecule has 2 N–H and O–H groups in total. The number of hydrogen-bond acceptors (Lipinski definition) is 2. The zero-order chi connectivity index (χ0) is 16.8. The summed E-state index contributed by atoms with van der Waals surface area (Å²) in [6.07, 6.45) is 4.10. The highest BCUT2D eigenvalue weighted by atomic mass is 32.1. The normalized spacial score (nSPS) is 11.2. The van der Waals surface area contributed by atoms with Crippen molar-refractivity contribution in [2.75, 3.05) is 6.54 Å². The van der Waals surface area contributed by atoms with Crippen molar-refractivity contribution in [3.05, 3.63) is 60.2 Å². The van der Waals surface area contributed by atoms with Crippen molar-refractivity contribution >= 4 is 45.1 Å². The van der Waals surface area contributed by atoms with Gasteiger partial charge in [0.1, 0.15) is 0 Å². The minimum absolute atomic E-state index is 0.559. The highest BCUT2D eigenvalue weighted by molar-refractivity contribution is 7.80. The van der Waals surface area contributed by atoms with Gasteiger partial charge in [0.25, 0.3) is 0 Å². The van der Waals surface area contributed by atoms with Gasteiger partial charge in [-0.1, -0.05) is 61.9 Å². The molecule has 0 saturated carbocycles. The van der Waals surface area contributed by atoms with Crippen LogP contribution in [-0.2, 0) is 0 Å². The fraction of sp³-hybridized carbons (Fsp3) is 0.200. The Morgan fingerprint density at radius 1 is 1.04 bits per heavy atom. The van der Waals surface area contributed by atoms with E-state index in [0.29, 0.717) is 5.11 Å². The predicted molar refractivity (Wildman–Crippen MR) is 108 cm³/mol. The van der Waals surface area contributed by atoms with E-state index < -0.39 is 0 Å². The molecule has 0 aliphatic rings. The van der Waals surface area contributed by atoms with Crippen molar-refractivity contribution in [2.45, 2.75) is 19.8 Å². The SMILES string of the molecule is CCCCNC(=S)NN=Cc1c2ccccc2cc2ccccc12. The van der Waals surface area contributed by atoms with Crippen LogP contribution >= 0.6 is 12.2 Å². The van der Waals surface area contributed by atoms with Crippen LogP contribution in [0.25, 0.3) is 21.5 Å². The Balaban J connectivity index is 1.89. The number of thiocarbonyl (C=S) groups is 1. The molecule has 0 aromatic heterocycles. The van der Waals surface area contributed by atoms with Crippen LogP contribution in [0.3, 0.4) is 0 Å². The highest BCUT2D eigenvalue weighted by Crippen LogP contribution is 2.27. The molecule has 4 heteroatoms. The first-order valence-electron chi connectivity index (χ1n) is 8.27. The van der Waals surface area contributed by atoms with Gasteiger partial charge in [0.15, 0.2) is 5.11 Å². The van der Waals surface area contributed by atoms with Crippen LogP contribution in [0.4, 0.5) is 0 Å². The maximum Gasteiger partial charge on any atom is 0.186 e. The highest BCUT2D eigenvalue weighted by Gasteiger charge is 2.05. The molecule has 0 amide bonds. The van der Waals surface area contributed by atoms with E-state index in [1.165, 1.54) is 21.5 Å². The predicted octanol–water partition coefficient (Wildman–Crippen LogP) is 4.59. The molecule has 0 spiro atoms. The van der Waals surface area contributed by atoms with E-state index in [2.05, 4.69) is 77.4 Å². The number of nitrogens with one attached hydrogen (secondary N) is 2. The molecule has 122 valence electrons. The van der Waals surface area contributed by atoms with Crippen LogP contribution in [0.1, 0.15) is 25.3 Å². The van der Waals surface area contributed by atoms with Crippen LogP contribution in [0.15, 0.2) is 59.7 Å². The largest absolute Gasteiger partial charge is 0.361 e. The molecule has 0 aliphatic heterocycles. The summed E-state index contributed by atoms with van der Waals surface area (Å²) in [7, 11) is 0. The molecule has 0 radical (unpaired) electrons. The fourth-order valence-corrected chi connectivity index (χ4v) is 2.92. The maximum absolute atomic E-state index is 5.24. The summed E-state index contributed by atoms with van der Waals surface area (Å²) in [5.41, 5.74) is 4.01. The summed E-state index contributed by atoms with van der Waals surface area (Å²) in [6.45, 7) is 3.02. The van der Waals surface area contributed by atoms with Crippen molar-refractivity contribution in [1.29, 1.82) is 0 Å². The Kier molecular flexibility index (Phi) is 5.39. The van der Waals surface area contributed by atoms with Crippen molar-refractivity contribution < 1.29 is 0 Å². The van der Waals surface area contributed by atoms with Crippen molar-refractivity contribution in [2.24, 2.45) is 5.10 Å². The fourth-order valence-electron chi connectivity index (χ4n) is 2.76. The molecule has 0 heterocycles. The molecule has 3 nitrogen and oxygen atoms in total. The van der Waals surface area contributed by atoms with Gasteiger partial charge >= 0.3 is 0 Å². The number of unbranched alkanes of at least 4 members (excludes halogenated alkanes) is 1. The molecule has 3 rings (SSSR count). The second-order valence-electron chi connectivity index (χ2n) is 5.71. The first-order chi connectivity index (χ1) is 11.8. The monoisotopic (exact) mass is 335 g/mol. The van der Waals surface area contributed by atoms with Crippen LogP contribution < -0.4 is 10.7 Å². The van der Waals surface area contributed by atoms with Crippen LogP contribution in [0, 0.1) is 0 Å². The van der Waals surface area contributed by atoms with Gasteiger partial charge < -0.3 is 5.32 Å². The Labute approximate surface area is 147 Å². The molecule has 0 fully saturated rings. The van der Waals surface area contributed by atoms with E-state index in [9.17, 15) is 0 Å². The van der Waals surface area contributed by atoms with Gasteiger partial charge in [-0.3, -0.25) is 5.43 Å². The van der Waals surface area contributed by atoms with E-state index in [1.54, 1.807) is 0 Å². The number of hydrogen-bond donors (Lipinski definition) is 2. The maximum atomic E-state index is 5.24. The van der Waals surface area contributed by atoms with E-state index in [0.717, 1.165) is 24.9 Å². The second kappa shape index (κ2) is 7.88. The Morgan fingerprint density at radius 2 is 1.67 bits per heavy atom. The minimum atomic E-state index is 0.559. The van der Waals surface area contributed by atoms with Crippen LogP contribution in [0.2, 0.25) is 0 Å². The topological polar surface area (TPSA) is 36.4 Å². The summed E-state index contributed by atoms with van der Waals surface area (Å²) in [6, 6.07) is 18.9. The van der Waals surface area contributed by atoms with Gasteiger partial charge in [-0.2, -0.15) is 5.10 Å². The second-order valence-corrected chi connectivity index (χ2v) is 6.12. The van der Waals surface area contributed by atoms with Gasteiger partial charge in [0.05, 0.1) is 6.21 Å². The van der Waals surface area contributed by atoms with Gasteiger partial charge in [-0.25, -0.2) is 0 Å². The smallest absolute Gasteiger partial charge is 0.186 e. The third kappa shape index (κ3) is 3.71. The zero-order valence-corrected chi connectivity index (χ0v) is 14.6. The third-order valence-electron chi connectivity index (χ3n) is 3.99. The summed E-state index contributed by atoms with van der Waals surface area (Å²) >= 11 is 5.24. The summed E-state index contributed by atoms with van der Waals surface area (Å²) in [4.78, 5) is 0. The molecule has 0 aliphatic carbocycles. The average Bonchev–Trinajstić information content (AvgIpc) is 2.61. The lowest BCUT2D eigenvalue weighted by Crippen LogP contribution is -2.32.